The lowest BCUT2D eigenvalue weighted by Gasteiger charge is -2.28. The van der Waals surface area contributed by atoms with E-state index in [1.807, 2.05) is 0 Å². The minimum atomic E-state index is -6.91. The third kappa shape index (κ3) is 4.76. The molecule has 1 aromatic carbocycles. The second-order valence-electron chi connectivity index (χ2n) is 5.05. The normalized spacial score (nSPS) is 13.0. The van der Waals surface area contributed by atoms with E-state index in [-0.39, 0.29) is 12.1 Å². The van der Waals surface area contributed by atoms with Crippen LogP contribution in [-0.2, 0) is 0 Å². The van der Waals surface area contributed by atoms with Gasteiger partial charge in [0, 0.05) is 0 Å². The molecular formula is C11H4F10N4O5. The van der Waals surface area contributed by atoms with Gasteiger partial charge in [-0.1, -0.05) is 0 Å². The number of nitro benzene ring substituents is 2. The number of nitrogens with zero attached hydrogens (tertiary/aromatic N) is 2. The Bertz CT molecular complexity index is 847. The molecule has 0 bridgehead atoms. The summed E-state index contributed by atoms with van der Waals surface area (Å²) in [5, 5.41) is 29.3. The van der Waals surface area contributed by atoms with Crippen molar-refractivity contribution in [2.45, 2.75) is 24.4 Å². The van der Waals surface area contributed by atoms with Crippen LogP contribution in [0.3, 0.4) is 0 Å². The first-order valence-electron chi connectivity index (χ1n) is 6.63. The average Bonchev–Trinajstić information content (AvgIpc) is 2.52. The Morgan fingerprint density at radius 2 is 1.30 bits per heavy atom. The van der Waals surface area contributed by atoms with E-state index in [9.17, 15) is 64.1 Å². The van der Waals surface area contributed by atoms with E-state index in [4.69, 9.17) is 5.41 Å². The Morgan fingerprint density at radius 3 is 1.60 bits per heavy atom. The maximum absolute atomic E-state index is 13.5. The fraction of sp³-hybridized carbons (Fsp3) is 0.364. The molecule has 0 saturated carbocycles. The van der Waals surface area contributed by atoms with Crippen LogP contribution in [0.25, 0.3) is 0 Å². The smallest absolute Gasteiger partial charge is 0.405 e. The SMILES string of the molecule is N=C(Nc1c([N+](=O)[O-])cc(OC(F)(F)F)cc1[N+](=O)[O-])C(F)(F)C(F)(F)C(F)(F)F. The molecule has 0 heterocycles. The van der Waals surface area contributed by atoms with Crippen molar-refractivity contribution in [1.82, 2.24) is 0 Å². The molecule has 0 amide bonds. The van der Waals surface area contributed by atoms with E-state index in [2.05, 4.69) is 4.74 Å². The van der Waals surface area contributed by atoms with Gasteiger partial charge in [0.2, 0.25) is 0 Å². The zero-order valence-electron chi connectivity index (χ0n) is 13.4. The van der Waals surface area contributed by atoms with Gasteiger partial charge in [-0.05, 0) is 0 Å². The van der Waals surface area contributed by atoms with E-state index in [0.29, 0.717) is 5.32 Å². The summed E-state index contributed by atoms with van der Waals surface area (Å²) in [6, 6.07) is -0.452. The summed E-state index contributed by atoms with van der Waals surface area (Å²) in [5.41, 5.74) is -5.62. The molecule has 0 aliphatic carbocycles. The Hall–Kier alpha value is -3.41. The number of halogens is 10. The molecule has 0 spiro atoms. The van der Waals surface area contributed by atoms with Gasteiger partial charge in [-0.15, -0.1) is 13.2 Å². The van der Waals surface area contributed by atoms with Crippen molar-refractivity contribution in [2.75, 3.05) is 5.32 Å². The monoisotopic (exact) mass is 462 g/mol. The van der Waals surface area contributed by atoms with Gasteiger partial charge < -0.3 is 10.1 Å². The first kappa shape index (κ1) is 24.6. The number of alkyl halides is 10. The summed E-state index contributed by atoms with van der Waals surface area (Å²) >= 11 is 0. The summed E-state index contributed by atoms with van der Waals surface area (Å²) in [6.07, 6.45) is -12.4. The van der Waals surface area contributed by atoms with E-state index in [1.54, 1.807) is 0 Å². The van der Waals surface area contributed by atoms with Crippen molar-refractivity contribution in [3.8, 4) is 5.75 Å². The molecule has 0 aliphatic rings. The number of nitrogens with one attached hydrogen (secondary N) is 2. The van der Waals surface area contributed by atoms with Crippen molar-refractivity contribution >= 4 is 22.9 Å². The Balaban J connectivity index is 3.59. The number of ether oxygens (including phenoxy) is 1. The Kier molecular flexibility index (Phi) is 6.11. The number of anilines is 1. The number of hydrogen-bond acceptors (Lipinski definition) is 6. The molecular weight excluding hydrogens is 458 g/mol. The predicted octanol–water partition coefficient (Wildman–Crippen LogP) is 4.62. The van der Waals surface area contributed by atoms with Gasteiger partial charge in [0.05, 0.1) is 22.0 Å². The molecule has 2 N–H and O–H groups in total. The number of nitro groups is 2. The van der Waals surface area contributed by atoms with Gasteiger partial charge >= 0.3 is 35.8 Å². The maximum atomic E-state index is 13.5. The van der Waals surface area contributed by atoms with Crippen LogP contribution < -0.4 is 10.1 Å². The molecule has 0 aromatic heterocycles. The lowest BCUT2D eigenvalue weighted by molar-refractivity contribution is -0.392. The summed E-state index contributed by atoms with van der Waals surface area (Å²) in [7, 11) is 0. The maximum Gasteiger partial charge on any atom is 0.573 e. The van der Waals surface area contributed by atoms with Gasteiger partial charge in [-0.25, -0.2) is 0 Å². The standard InChI is InChI=1S/C11H4F10N4O5/c12-8(13,9(14,15)10(16,17)18)7(22)23-6-4(24(26)27)1-3(30-11(19,20)21)2-5(6)25(28)29/h1-2H,(H2,22,23). The van der Waals surface area contributed by atoms with Gasteiger partial charge in [0.25, 0.3) is 0 Å². The van der Waals surface area contributed by atoms with Gasteiger partial charge in [0.1, 0.15) is 5.75 Å². The topological polar surface area (TPSA) is 131 Å². The van der Waals surface area contributed by atoms with Gasteiger partial charge in [0.15, 0.2) is 11.5 Å². The van der Waals surface area contributed by atoms with Crippen molar-refractivity contribution in [2.24, 2.45) is 0 Å². The quantitative estimate of drug-likeness (QED) is 0.209. The van der Waals surface area contributed by atoms with Crippen LogP contribution in [0.15, 0.2) is 12.1 Å². The van der Waals surface area contributed by atoms with E-state index in [0.717, 1.165) is 0 Å². The van der Waals surface area contributed by atoms with Crippen LogP contribution in [0, 0.1) is 25.6 Å². The van der Waals surface area contributed by atoms with Gasteiger partial charge in [-0.2, -0.15) is 30.7 Å². The van der Waals surface area contributed by atoms with E-state index in [1.165, 1.54) is 0 Å². The molecule has 168 valence electrons. The average molecular weight is 462 g/mol. The fourth-order valence-corrected chi connectivity index (χ4v) is 1.73. The number of hydrogen-bond donors (Lipinski definition) is 2. The Labute approximate surface area is 156 Å². The zero-order chi connectivity index (χ0) is 23.9. The highest BCUT2D eigenvalue weighted by atomic mass is 19.4. The van der Waals surface area contributed by atoms with Crippen LogP contribution in [0.5, 0.6) is 5.75 Å². The molecule has 0 aliphatic heterocycles. The summed E-state index contributed by atoms with van der Waals surface area (Å²) in [4.78, 5) is 18.4. The fourth-order valence-electron chi connectivity index (χ4n) is 1.73. The molecule has 1 rings (SSSR count). The minimum absolute atomic E-state index is 0.226. The summed E-state index contributed by atoms with van der Waals surface area (Å²) in [6.45, 7) is 0. The molecule has 0 atom stereocenters. The van der Waals surface area contributed by atoms with Crippen molar-refractivity contribution in [3.63, 3.8) is 0 Å². The minimum Gasteiger partial charge on any atom is -0.405 e. The predicted molar refractivity (Wildman–Crippen MR) is 73.7 cm³/mol. The highest BCUT2D eigenvalue weighted by Gasteiger charge is 2.75. The summed E-state index contributed by atoms with van der Waals surface area (Å²) in [5.74, 6) is -18.0. The highest BCUT2D eigenvalue weighted by Crippen LogP contribution is 2.48. The summed E-state index contributed by atoms with van der Waals surface area (Å²) < 4.78 is 129. The van der Waals surface area contributed by atoms with Crippen molar-refractivity contribution in [3.05, 3.63) is 32.4 Å². The molecule has 0 unspecified atom stereocenters. The third-order valence-corrected chi connectivity index (χ3v) is 3.01. The molecule has 0 radical (unpaired) electrons. The van der Waals surface area contributed by atoms with Crippen LogP contribution >= 0.6 is 0 Å². The van der Waals surface area contributed by atoms with E-state index < -0.39 is 62.9 Å². The van der Waals surface area contributed by atoms with Crippen LogP contribution in [0.4, 0.5) is 61.0 Å². The van der Waals surface area contributed by atoms with Crippen molar-refractivity contribution in [1.29, 1.82) is 5.41 Å². The number of benzene rings is 1. The van der Waals surface area contributed by atoms with Crippen LogP contribution in [0.2, 0.25) is 0 Å². The largest absolute Gasteiger partial charge is 0.573 e. The van der Waals surface area contributed by atoms with Crippen LogP contribution in [-0.4, -0.2) is 40.1 Å². The zero-order valence-corrected chi connectivity index (χ0v) is 13.4. The molecule has 30 heavy (non-hydrogen) atoms. The molecule has 0 fully saturated rings. The number of rotatable bonds is 6. The number of amidine groups is 1. The highest BCUT2D eigenvalue weighted by molar-refractivity contribution is 6.03. The van der Waals surface area contributed by atoms with Gasteiger partial charge in [-0.3, -0.25) is 25.6 Å². The lowest BCUT2D eigenvalue weighted by atomic mass is 10.1. The molecule has 1 aromatic rings. The van der Waals surface area contributed by atoms with Crippen molar-refractivity contribution < 1.29 is 58.5 Å². The van der Waals surface area contributed by atoms with Crippen LogP contribution in [0.1, 0.15) is 0 Å². The Morgan fingerprint density at radius 1 is 0.900 bits per heavy atom. The third-order valence-electron chi connectivity index (χ3n) is 3.01. The molecule has 9 nitrogen and oxygen atoms in total. The first-order valence-corrected chi connectivity index (χ1v) is 6.63. The molecule has 19 heteroatoms. The second kappa shape index (κ2) is 7.44. The second-order valence-corrected chi connectivity index (χ2v) is 5.05. The van der Waals surface area contributed by atoms with E-state index >= 15 is 0 Å². The lowest BCUT2D eigenvalue weighted by Crippen LogP contribution is -2.57. The first-order chi connectivity index (χ1) is 13.2. The molecule has 0 saturated heterocycles.